The molecule has 1 saturated heterocycles. The van der Waals surface area contributed by atoms with Gasteiger partial charge >= 0.3 is 6.18 Å². The Hall–Kier alpha value is 0.330. The van der Waals surface area contributed by atoms with Gasteiger partial charge in [-0.1, -0.05) is 26.7 Å². The van der Waals surface area contributed by atoms with Crippen molar-refractivity contribution in [2.24, 2.45) is 11.8 Å². The first-order valence-corrected chi connectivity index (χ1v) is 6.79. The van der Waals surface area contributed by atoms with E-state index >= 15 is 0 Å². The van der Waals surface area contributed by atoms with Gasteiger partial charge < -0.3 is 0 Å². The first kappa shape index (κ1) is 15.4. The van der Waals surface area contributed by atoms with E-state index in [-0.39, 0.29) is 12.3 Å². The molecule has 1 aliphatic rings. The van der Waals surface area contributed by atoms with Crippen molar-refractivity contribution in [3.63, 3.8) is 0 Å². The first-order chi connectivity index (χ1) is 7.81. The number of alkyl halides is 5. The molecule has 1 rings (SSSR count). The summed E-state index contributed by atoms with van der Waals surface area (Å²) in [4.78, 5) is 0. The number of hydrogen-bond acceptors (Lipinski definition) is 1. The summed E-state index contributed by atoms with van der Waals surface area (Å²) in [5.74, 6) is -1.42. The van der Waals surface area contributed by atoms with Crippen LogP contribution in [0.2, 0.25) is 0 Å². The number of piperidine rings is 1. The Morgan fingerprint density at radius 2 is 1.76 bits per heavy atom. The van der Waals surface area contributed by atoms with Gasteiger partial charge in [-0.05, 0) is 12.3 Å². The molecule has 0 aromatic rings. The lowest BCUT2D eigenvalue weighted by atomic mass is 9.79. The fourth-order valence-corrected chi connectivity index (χ4v) is 3.02. The smallest absolute Gasteiger partial charge is 0.296 e. The SMILES string of the molecule is CCC(CC)C1NC(Cl)C(Cl)CC1C(F)(F)F. The highest BCUT2D eigenvalue weighted by Gasteiger charge is 2.51. The van der Waals surface area contributed by atoms with Crippen LogP contribution in [0, 0.1) is 11.8 Å². The second-order valence-electron chi connectivity index (χ2n) is 4.57. The molecule has 1 fully saturated rings. The van der Waals surface area contributed by atoms with Crippen molar-refractivity contribution < 1.29 is 13.2 Å². The predicted molar refractivity (Wildman–Crippen MR) is 64.4 cm³/mol. The van der Waals surface area contributed by atoms with E-state index in [1.165, 1.54) is 0 Å². The number of hydrogen-bond donors (Lipinski definition) is 1. The van der Waals surface area contributed by atoms with E-state index in [9.17, 15) is 13.2 Å². The monoisotopic (exact) mass is 291 g/mol. The summed E-state index contributed by atoms with van der Waals surface area (Å²) in [7, 11) is 0. The quantitative estimate of drug-likeness (QED) is 0.609. The van der Waals surface area contributed by atoms with Crippen molar-refractivity contribution in [3.8, 4) is 0 Å². The van der Waals surface area contributed by atoms with Crippen LogP contribution in [0.5, 0.6) is 0 Å². The highest BCUT2D eigenvalue weighted by molar-refractivity contribution is 6.29. The Kier molecular flexibility index (Phi) is 5.41. The zero-order valence-corrected chi connectivity index (χ0v) is 11.4. The van der Waals surface area contributed by atoms with Gasteiger partial charge in [0.1, 0.15) is 0 Å². The average Bonchev–Trinajstić information content (AvgIpc) is 2.23. The second-order valence-corrected chi connectivity index (χ2v) is 5.60. The molecule has 1 aliphatic heterocycles. The fraction of sp³-hybridized carbons (Fsp3) is 1.00. The number of rotatable bonds is 3. The molecule has 1 N–H and O–H groups in total. The van der Waals surface area contributed by atoms with Crippen LogP contribution < -0.4 is 5.32 Å². The molecule has 0 radical (unpaired) electrons. The molecule has 0 aliphatic carbocycles. The summed E-state index contributed by atoms with van der Waals surface area (Å²) in [6.07, 6.45) is -2.91. The van der Waals surface area contributed by atoms with Crippen LogP contribution in [0.1, 0.15) is 33.1 Å². The van der Waals surface area contributed by atoms with Gasteiger partial charge in [0.2, 0.25) is 0 Å². The lowest BCUT2D eigenvalue weighted by Gasteiger charge is -2.42. The summed E-state index contributed by atoms with van der Waals surface area (Å²) in [5.41, 5.74) is -0.583. The Balaban J connectivity index is 2.88. The van der Waals surface area contributed by atoms with Crippen molar-refractivity contribution in [3.05, 3.63) is 0 Å². The van der Waals surface area contributed by atoms with E-state index < -0.39 is 29.0 Å². The highest BCUT2D eigenvalue weighted by Crippen LogP contribution is 2.41. The third-order valence-corrected chi connectivity index (χ3v) is 4.55. The molecule has 4 unspecified atom stereocenters. The van der Waals surface area contributed by atoms with E-state index in [0.717, 1.165) is 0 Å². The third-order valence-electron chi connectivity index (χ3n) is 3.56. The summed E-state index contributed by atoms with van der Waals surface area (Å²) >= 11 is 11.8. The first-order valence-electron chi connectivity index (χ1n) is 5.92. The molecule has 0 amide bonds. The van der Waals surface area contributed by atoms with Gasteiger partial charge in [-0.3, -0.25) is 5.32 Å². The molecular weight excluding hydrogens is 274 g/mol. The molecule has 0 aromatic carbocycles. The van der Waals surface area contributed by atoms with Gasteiger partial charge in [0.15, 0.2) is 0 Å². The van der Waals surface area contributed by atoms with Crippen molar-refractivity contribution >= 4 is 23.2 Å². The largest absolute Gasteiger partial charge is 0.393 e. The summed E-state index contributed by atoms with van der Waals surface area (Å²) in [5, 5.41) is 2.17. The lowest BCUT2D eigenvalue weighted by molar-refractivity contribution is -0.193. The summed E-state index contributed by atoms with van der Waals surface area (Å²) < 4.78 is 38.9. The zero-order valence-electron chi connectivity index (χ0n) is 9.90. The Morgan fingerprint density at radius 1 is 1.24 bits per heavy atom. The van der Waals surface area contributed by atoms with Gasteiger partial charge in [-0.25, -0.2) is 0 Å². The van der Waals surface area contributed by atoms with Crippen molar-refractivity contribution in [1.29, 1.82) is 0 Å². The van der Waals surface area contributed by atoms with Gasteiger partial charge in [-0.15, -0.1) is 23.2 Å². The van der Waals surface area contributed by atoms with Crippen molar-refractivity contribution in [2.75, 3.05) is 0 Å². The molecule has 6 heteroatoms. The highest BCUT2D eigenvalue weighted by atomic mass is 35.5. The molecule has 1 nitrogen and oxygen atoms in total. The van der Waals surface area contributed by atoms with E-state index in [4.69, 9.17) is 23.2 Å². The summed E-state index contributed by atoms with van der Waals surface area (Å²) in [6, 6.07) is -0.623. The normalized spacial score (nSPS) is 35.3. The Bertz CT molecular complexity index is 243. The minimum absolute atomic E-state index is 0.0213. The van der Waals surface area contributed by atoms with Crippen molar-refractivity contribution in [2.45, 2.75) is 56.2 Å². The van der Waals surface area contributed by atoms with Gasteiger partial charge in [-0.2, -0.15) is 13.2 Å². The zero-order chi connectivity index (χ0) is 13.2. The van der Waals surface area contributed by atoms with Crippen LogP contribution in [-0.4, -0.2) is 23.1 Å². The molecule has 17 heavy (non-hydrogen) atoms. The van der Waals surface area contributed by atoms with Crippen LogP contribution in [0.3, 0.4) is 0 Å². The molecule has 102 valence electrons. The fourth-order valence-electron chi connectivity index (χ4n) is 2.51. The molecule has 1 heterocycles. The Labute approximate surface area is 110 Å². The van der Waals surface area contributed by atoms with E-state index in [2.05, 4.69) is 5.32 Å². The predicted octanol–water partition coefficient (Wildman–Crippen LogP) is 4.14. The lowest BCUT2D eigenvalue weighted by Crippen LogP contribution is -2.57. The molecular formula is C11H18Cl2F3N. The minimum Gasteiger partial charge on any atom is -0.296 e. The van der Waals surface area contributed by atoms with Crippen LogP contribution >= 0.6 is 23.2 Å². The van der Waals surface area contributed by atoms with Crippen LogP contribution in [0.25, 0.3) is 0 Å². The van der Waals surface area contributed by atoms with Crippen LogP contribution in [-0.2, 0) is 0 Å². The van der Waals surface area contributed by atoms with Gasteiger partial charge in [0.05, 0.1) is 16.8 Å². The maximum atomic E-state index is 13.0. The van der Waals surface area contributed by atoms with Gasteiger partial charge in [0, 0.05) is 6.04 Å². The third kappa shape index (κ3) is 3.65. The Morgan fingerprint density at radius 3 is 2.18 bits per heavy atom. The average molecular weight is 292 g/mol. The maximum Gasteiger partial charge on any atom is 0.393 e. The molecule has 0 bridgehead atoms. The van der Waals surface area contributed by atoms with Crippen LogP contribution in [0.4, 0.5) is 13.2 Å². The molecule has 4 atom stereocenters. The number of halogens is 5. The minimum atomic E-state index is -4.22. The molecule has 0 saturated carbocycles. The van der Waals surface area contributed by atoms with E-state index in [1.807, 2.05) is 13.8 Å². The summed E-state index contributed by atoms with van der Waals surface area (Å²) in [6.45, 7) is 3.80. The van der Waals surface area contributed by atoms with E-state index in [0.29, 0.717) is 12.8 Å². The van der Waals surface area contributed by atoms with Crippen LogP contribution in [0.15, 0.2) is 0 Å². The number of nitrogens with one attached hydrogen (secondary N) is 1. The van der Waals surface area contributed by atoms with E-state index in [1.54, 1.807) is 0 Å². The molecule has 0 aromatic heterocycles. The maximum absolute atomic E-state index is 13.0. The molecule has 0 spiro atoms. The van der Waals surface area contributed by atoms with Gasteiger partial charge in [0.25, 0.3) is 0 Å². The van der Waals surface area contributed by atoms with Crippen molar-refractivity contribution in [1.82, 2.24) is 5.32 Å². The second kappa shape index (κ2) is 5.98. The standard InChI is InChI=1S/C11H18Cl2F3N/c1-3-6(4-2)9-7(11(14,15)16)5-8(12)10(13)17-9/h6-10,17H,3-5H2,1-2H3. The topological polar surface area (TPSA) is 12.0 Å².